The molecular weight excluding hydrogens is 503 g/mol. The zero-order valence-electron chi connectivity index (χ0n) is 21.9. The Morgan fingerprint density at radius 3 is 2.69 bits per heavy atom. The first kappa shape index (κ1) is 30.5. The Bertz CT molecular complexity index is 911. The normalized spacial score (nSPS) is 20.5. The molecule has 1 heterocycles. The number of ketones is 1. The molecule has 0 spiro atoms. The van der Waals surface area contributed by atoms with Gasteiger partial charge in [-0.15, -0.1) is 0 Å². The predicted molar refractivity (Wildman–Crippen MR) is 148 cm³/mol. The molecule has 0 radical (unpaired) electrons. The predicted octanol–water partition coefficient (Wildman–Crippen LogP) is 5.52. The van der Waals surface area contributed by atoms with E-state index in [0.717, 1.165) is 50.2 Å². The first-order chi connectivity index (χ1) is 17.0. The molecule has 0 amide bonds. The third kappa shape index (κ3) is 8.43. The summed E-state index contributed by atoms with van der Waals surface area (Å²) in [7, 11) is 5.51. The number of ether oxygens (including phenoxy) is 1. The Kier molecular flexibility index (Phi) is 12.1. The Hall–Kier alpha value is -1.69. The van der Waals surface area contributed by atoms with Crippen molar-refractivity contribution in [1.82, 2.24) is 15.5 Å². The molecule has 36 heavy (non-hydrogen) atoms. The molecule has 0 aromatic heterocycles. The van der Waals surface area contributed by atoms with E-state index in [1.54, 1.807) is 18.0 Å². The lowest BCUT2D eigenvalue weighted by atomic mass is 9.78. The van der Waals surface area contributed by atoms with Crippen LogP contribution in [0.4, 0.5) is 8.78 Å². The average Bonchev–Trinajstić information content (AvgIpc) is 2.78. The number of rotatable bonds is 15. The van der Waals surface area contributed by atoms with E-state index in [-0.39, 0.29) is 17.7 Å². The molecule has 9 heteroatoms. The van der Waals surface area contributed by atoms with Gasteiger partial charge in [0.05, 0.1) is 6.04 Å². The summed E-state index contributed by atoms with van der Waals surface area (Å²) in [6, 6.07) is -0.141. The van der Waals surface area contributed by atoms with Crippen LogP contribution in [0.2, 0.25) is 0 Å². The molecule has 1 saturated carbocycles. The van der Waals surface area contributed by atoms with E-state index in [0.29, 0.717) is 29.6 Å². The Labute approximate surface area is 222 Å². The lowest BCUT2D eigenvalue weighted by Crippen LogP contribution is -2.35. The molecule has 0 aromatic rings. The summed E-state index contributed by atoms with van der Waals surface area (Å²) in [5.41, 5.74) is 2.32. The summed E-state index contributed by atoms with van der Waals surface area (Å²) in [6.07, 6.45) is 11.1. The van der Waals surface area contributed by atoms with E-state index in [1.807, 2.05) is 22.5 Å². The van der Waals surface area contributed by atoms with Crippen molar-refractivity contribution < 1.29 is 18.3 Å². The van der Waals surface area contributed by atoms with Crippen molar-refractivity contribution in [1.29, 1.82) is 0 Å². The second-order valence-corrected chi connectivity index (χ2v) is 10.9. The van der Waals surface area contributed by atoms with Crippen LogP contribution < -0.4 is 10.6 Å². The van der Waals surface area contributed by atoms with Crippen LogP contribution >= 0.6 is 20.8 Å². The highest BCUT2D eigenvalue weighted by molar-refractivity contribution is 7.18. The molecule has 4 atom stereocenters. The van der Waals surface area contributed by atoms with Gasteiger partial charge in [-0.1, -0.05) is 59.3 Å². The second-order valence-electron chi connectivity index (χ2n) is 9.58. The number of unbranched alkanes of at least 4 members (excludes halogenated alkanes) is 1. The van der Waals surface area contributed by atoms with Gasteiger partial charge in [0.15, 0.2) is 11.2 Å². The standard InChI is InChI=1S/C27H41ClF2N3O2P/c1-6-7-8-12-24(31-4)22(18(2)25(34)21-10-9-11-21)15-32-14-20-13-23(28)26(33(5)16-20)35-17-27(30,36)19(3)29/h8,12-13,15,19,21,24,31-32H,2,6-7,9-11,14,16-17,36H2,1,3-5H3/b12-8-,22-15-. The van der Waals surface area contributed by atoms with Gasteiger partial charge in [-0.25, -0.2) is 8.78 Å². The van der Waals surface area contributed by atoms with Crippen LogP contribution in [0.3, 0.4) is 0 Å². The van der Waals surface area contributed by atoms with Gasteiger partial charge in [-0.3, -0.25) is 4.79 Å². The minimum atomic E-state index is -2.19. The number of alkyl halides is 2. The number of nitrogens with zero attached hydrogens (tertiary/aromatic N) is 1. The highest BCUT2D eigenvalue weighted by atomic mass is 35.5. The Morgan fingerprint density at radius 2 is 2.17 bits per heavy atom. The number of nitrogens with one attached hydrogen (secondary N) is 2. The quantitative estimate of drug-likeness (QED) is 0.123. The fourth-order valence-corrected chi connectivity index (χ4v) is 4.33. The summed E-state index contributed by atoms with van der Waals surface area (Å²) >= 11 is 6.41. The van der Waals surface area contributed by atoms with E-state index in [1.165, 1.54) is 0 Å². The minimum Gasteiger partial charge on any atom is -0.474 e. The van der Waals surface area contributed by atoms with Gasteiger partial charge in [-0.2, -0.15) is 0 Å². The molecule has 1 aliphatic heterocycles. The van der Waals surface area contributed by atoms with Crippen molar-refractivity contribution in [2.75, 3.05) is 33.8 Å². The highest BCUT2D eigenvalue weighted by Crippen LogP contribution is 2.32. The van der Waals surface area contributed by atoms with Crippen LogP contribution in [-0.4, -0.2) is 62.1 Å². The molecule has 2 aliphatic rings. The van der Waals surface area contributed by atoms with Crippen molar-refractivity contribution in [3.05, 3.63) is 58.6 Å². The number of allylic oxidation sites excluding steroid dienone is 3. The molecule has 4 unspecified atom stereocenters. The van der Waals surface area contributed by atoms with Crippen LogP contribution in [0.15, 0.2) is 58.6 Å². The third-order valence-corrected chi connectivity index (χ3v) is 7.45. The van der Waals surface area contributed by atoms with Gasteiger partial charge in [0.25, 0.3) is 0 Å². The Balaban J connectivity index is 2.14. The number of hydrogen-bond acceptors (Lipinski definition) is 5. The van der Waals surface area contributed by atoms with E-state index >= 15 is 0 Å². The minimum absolute atomic E-state index is 0.0695. The molecule has 0 bridgehead atoms. The topological polar surface area (TPSA) is 53.6 Å². The van der Waals surface area contributed by atoms with Crippen molar-refractivity contribution in [2.45, 2.75) is 63.6 Å². The number of carbonyl (C=O) groups is 1. The molecule has 5 nitrogen and oxygen atoms in total. The van der Waals surface area contributed by atoms with E-state index < -0.39 is 18.2 Å². The number of halogens is 3. The van der Waals surface area contributed by atoms with Crippen LogP contribution in [0.25, 0.3) is 0 Å². The maximum absolute atomic E-state index is 14.2. The summed E-state index contributed by atoms with van der Waals surface area (Å²) in [6.45, 7) is 7.93. The highest BCUT2D eigenvalue weighted by Gasteiger charge is 2.34. The van der Waals surface area contributed by atoms with Crippen LogP contribution in [0.5, 0.6) is 0 Å². The van der Waals surface area contributed by atoms with Gasteiger partial charge in [0.1, 0.15) is 17.8 Å². The first-order valence-corrected chi connectivity index (χ1v) is 13.5. The second kappa shape index (κ2) is 14.3. The summed E-state index contributed by atoms with van der Waals surface area (Å²) < 4.78 is 33.2. The van der Waals surface area contributed by atoms with Gasteiger partial charge in [0.2, 0.25) is 5.88 Å². The molecule has 202 valence electrons. The maximum atomic E-state index is 14.2. The van der Waals surface area contributed by atoms with E-state index in [9.17, 15) is 13.6 Å². The summed E-state index contributed by atoms with van der Waals surface area (Å²) in [5, 5.41) is 4.73. The SMILES string of the molecule is C=C(C(=O)C1CCC1)/C(=C/NCC1=CC(Cl)=C(OCC(F)(P)C(C)F)N(C)C1)C(/C=C\CCC)NC. The maximum Gasteiger partial charge on any atom is 0.208 e. The zero-order chi connectivity index (χ0) is 26.9. The van der Waals surface area contributed by atoms with Gasteiger partial charge >= 0.3 is 0 Å². The fraction of sp³-hybridized carbons (Fsp3) is 0.593. The molecule has 0 saturated heterocycles. The van der Waals surface area contributed by atoms with Crippen molar-refractivity contribution in [2.24, 2.45) is 5.92 Å². The van der Waals surface area contributed by atoms with Crippen LogP contribution in [-0.2, 0) is 9.53 Å². The zero-order valence-corrected chi connectivity index (χ0v) is 23.8. The molecule has 1 fully saturated rings. The molecule has 0 aromatic carbocycles. The number of Topliss-reactive ketones (excluding diaryl/α,β-unsaturated/α-hetero) is 1. The smallest absolute Gasteiger partial charge is 0.208 e. The van der Waals surface area contributed by atoms with Crippen LogP contribution in [0, 0.1) is 5.92 Å². The summed E-state index contributed by atoms with van der Waals surface area (Å²) in [4.78, 5) is 14.7. The molecular formula is C27H41ClF2N3O2P. The van der Waals surface area contributed by atoms with Crippen molar-refractivity contribution >= 4 is 26.6 Å². The molecule has 2 rings (SSSR count). The monoisotopic (exact) mass is 543 g/mol. The average molecular weight is 544 g/mol. The van der Waals surface area contributed by atoms with Gasteiger partial charge in [-0.05, 0) is 50.5 Å². The number of likely N-dealkylation sites (N-methyl/N-ethyl adjacent to an activating group) is 2. The van der Waals surface area contributed by atoms with Gasteiger partial charge < -0.3 is 20.3 Å². The molecule has 2 N–H and O–H groups in total. The number of carbonyl (C=O) groups excluding carboxylic acids is 1. The van der Waals surface area contributed by atoms with Crippen molar-refractivity contribution in [3.63, 3.8) is 0 Å². The first-order valence-electron chi connectivity index (χ1n) is 12.6. The lowest BCUT2D eigenvalue weighted by molar-refractivity contribution is -0.121. The van der Waals surface area contributed by atoms with Gasteiger partial charge in [0, 0.05) is 37.8 Å². The number of hydrogen-bond donors (Lipinski definition) is 2. The largest absolute Gasteiger partial charge is 0.474 e. The van der Waals surface area contributed by atoms with E-state index in [4.69, 9.17) is 16.3 Å². The van der Waals surface area contributed by atoms with Crippen molar-refractivity contribution in [3.8, 4) is 0 Å². The Morgan fingerprint density at radius 1 is 1.47 bits per heavy atom. The summed E-state index contributed by atoms with van der Waals surface area (Å²) in [5.74, 6) is 0.487. The lowest BCUT2D eigenvalue weighted by Gasteiger charge is -2.31. The van der Waals surface area contributed by atoms with Crippen LogP contribution in [0.1, 0.15) is 46.0 Å². The molecule has 1 aliphatic carbocycles. The fourth-order valence-electron chi connectivity index (χ4n) is 3.90. The van der Waals surface area contributed by atoms with E-state index in [2.05, 4.69) is 36.3 Å². The third-order valence-electron chi connectivity index (χ3n) is 6.55.